The molecule has 0 atom stereocenters. The molecule has 0 radical (unpaired) electrons. The number of hydrogen-bond acceptors (Lipinski definition) is 3. The minimum absolute atomic E-state index is 0.167. The lowest BCUT2D eigenvalue weighted by Crippen LogP contribution is -2.26. The van der Waals surface area contributed by atoms with Crippen LogP contribution in [0.5, 0.6) is 0 Å². The van der Waals surface area contributed by atoms with Gasteiger partial charge >= 0.3 is 0 Å². The zero-order valence-electron chi connectivity index (χ0n) is 10.7. The first-order chi connectivity index (χ1) is 9.09. The number of amides is 1. The molecule has 1 aromatic carbocycles. The van der Waals surface area contributed by atoms with E-state index in [4.69, 9.17) is 18.0 Å². The number of nitrogens with zero attached hydrogens (tertiary/aromatic N) is 2. The van der Waals surface area contributed by atoms with E-state index >= 15 is 0 Å². The number of benzene rings is 1. The summed E-state index contributed by atoms with van der Waals surface area (Å²) in [6.45, 7) is 0.543. The van der Waals surface area contributed by atoms with Crippen molar-refractivity contribution in [2.45, 2.75) is 12.8 Å². The van der Waals surface area contributed by atoms with E-state index in [-0.39, 0.29) is 5.91 Å². The second-order valence-corrected chi connectivity index (χ2v) is 4.84. The Morgan fingerprint density at radius 1 is 1.47 bits per heavy atom. The van der Waals surface area contributed by atoms with Crippen molar-refractivity contribution in [1.82, 2.24) is 15.1 Å². The van der Waals surface area contributed by atoms with Crippen molar-refractivity contribution < 1.29 is 4.79 Å². The Kier molecular flexibility index (Phi) is 4.11. The molecular formula is C13H16N4OS. The quantitative estimate of drug-likeness (QED) is 0.639. The highest BCUT2D eigenvalue weighted by molar-refractivity contribution is 7.80. The number of aryl methyl sites for hydroxylation is 1. The maximum atomic E-state index is 12.1. The third-order valence-corrected chi connectivity index (χ3v) is 3.06. The molecule has 2 aromatic rings. The molecule has 1 heterocycles. The summed E-state index contributed by atoms with van der Waals surface area (Å²) in [6.07, 6.45) is 1.38. The molecule has 0 saturated carbocycles. The second-order valence-electron chi connectivity index (χ2n) is 4.32. The first-order valence-electron chi connectivity index (χ1n) is 6.08. The van der Waals surface area contributed by atoms with Crippen molar-refractivity contribution in [3.8, 4) is 0 Å². The molecule has 5 nitrogen and oxygen atoms in total. The van der Waals surface area contributed by atoms with Crippen LogP contribution in [0, 0.1) is 0 Å². The Bertz CT molecular complexity index is 620. The van der Waals surface area contributed by atoms with Crippen LogP contribution >= 0.6 is 12.2 Å². The summed E-state index contributed by atoms with van der Waals surface area (Å²) >= 11 is 4.78. The van der Waals surface area contributed by atoms with Gasteiger partial charge in [-0.05, 0) is 18.9 Å². The molecule has 2 rings (SSSR count). The number of thiocarbonyl (C=S) groups is 1. The average Bonchev–Trinajstić information content (AvgIpc) is 2.72. The minimum Gasteiger partial charge on any atom is -0.393 e. The highest BCUT2D eigenvalue weighted by Crippen LogP contribution is 2.17. The predicted molar refractivity (Wildman–Crippen MR) is 79.1 cm³/mol. The second kappa shape index (κ2) is 5.79. The Morgan fingerprint density at radius 2 is 2.21 bits per heavy atom. The molecule has 0 saturated heterocycles. The number of rotatable bonds is 5. The van der Waals surface area contributed by atoms with Gasteiger partial charge < -0.3 is 11.1 Å². The molecule has 6 heteroatoms. The molecule has 0 unspecified atom stereocenters. The van der Waals surface area contributed by atoms with E-state index in [1.165, 1.54) is 0 Å². The molecule has 0 bridgehead atoms. The zero-order valence-corrected chi connectivity index (χ0v) is 11.5. The summed E-state index contributed by atoms with van der Waals surface area (Å²) in [7, 11) is 1.83. The van der Waals surface area contributed by atoms with Crippen LogP contribution in [-0.2, 0) is 7.05 Å². The number of nitrogens with one attached hydrogen (secondary N) is 1. The Hall–Kier alpha value is -1.95. The summed E-state index contributed by atoms with van der Waals surface area (Å²) in [6, 6.07) is 7.65. The smallest absolute Gasteiger partial charge is 0.272 e. The third kappa shape index (κ3) is 3.08. The SMILES string of the molecule is Cn1nc(C(=O)NCCCC(N)=S)c2ccccc21. The third-order valence-electron chi connectivity index (χ3n) is 2.86. The monoisotopic (exact) mass is 276 g/mol. The molecule has 1 aromatic heterocycles. The predicted octanol–water partition coefficient (Wildman–Crippen LogP) is 1.37. The lowest BCUT2D eigenvalue weighted by molar-refractivity contribution is 0.0949. The molecule has 0 fully saturated rings. The average molecular weight is 276 g/mol. The highest BCUT2D eigenvalue weighted by Gasteiger charge is 2.14. The van der Waals surface area contributed by atoms with E-state index in [1.54, 1.807) is 4.68 Å². The largest absolute Gasteiger partial charge is 0.393 e. The van der Waals surface area contributed by atoms with Crippen LogP contribution in [0.2, 0.25) is 0 Å². The summed E-state index contributed by atoms with van der Waals surface area (Å²) in [4.78, 5) is 12.5. The topological polar surface area (TPSA) is 72.9 Å². The molecule has 0 aliphatic rings. The molecule has 0 spiro atoms. The maximum Gasteiger partial charge on any atom is 0.272 e. The Balaban J connectivity index is 2.07. The van der Waals surface area contributed by atoms with Crippen LogP contribution in [0.15, 0.2) is 24.3 Å². The number of carbonyl (C=O) groups is 1. The molecule has 0 aliphatic carbocycles. The van der Waals surface area contributed by atoms with Crippen molar-refractivity contribution >= 4 is 34.0 Å². The first-order valence-corrected chi connectivity index (χ1v) is 6.48. The fourth-order valence-corrected chi connectivity index (χ4v) is 2.07. The van der Waals surface area contributed by atoms with E-state index in [1.807, 2.05) is 31.3 Å². The fourth-order valence-electron chi connectivity index (χ4n) is 1.93. The van der Waals surface area contributed by atoms with Crippen LogP contribution in [0.4, 0.5) is 0 Å². The van der Waals surface area contributed by atoms with Crippen LogP contribution in [0.3, 0.4) is 0 Å². The van der Waals surface area contributed by atoms with Crippen LogP contribution in [-0.4, -0.2) is 27.2 Å². The first kappa shape index (κ1) is 13.5. The number of nitrogens with two attached hydrogens (primary N) is 1. The van der Waals surface area contributed by atoms with Gasteiger partial charge in [-0.25, -0.2) is 0 Å². The number of hydrogen-bond donors (Lipinski definition) is 2. The van der Waals surface area contributed by atoms with Crippen LogP contribution < -0.4 is 11.1 Å². The van der Waals surface area contributed by atoms with Gasteiger partial charge in [-0.3, -0.25) is 9.48 Å². The van der Waals surface area contributed by atoms with Crippen molar-refractivity contribution in [1.29, 1.82) is 0 Å². The van der Waals surface area contributed by atoms with Gasteiger partial charge in [0.2, 0.25) is 0 Å². The Morgan fingerprint density at radius 3 is 2.95 bits per heavy atom. The number of para-hydroxylation sites is 1. The number of fused-ring (bicyclic) bond motifs is 1. The fraction of sp³-hybridized carbons (Fsp3) is 0.308. The minimum atomic E-state index is -0.167. The zero-order chi connectivity index (χ0) is 13.8. The van der Waals surface area contributed by atoms with Gasteiger partial charge in [-0.15, -0.1) is 0 Å². The molecule has 1 amide bonds. The normalized spacial score (nSPS) is 10.6. The van der Waals surface area contributed by atoms with Gasteiger partial charge in [-0.2, -0.15) is 5.10 Å². The summed E-state index contributed by atoms with van der Waals surface area (Å²) in [5, 5.41) is 7.95. The molecule has 0 aliphatic heterocycles. The van der Waals surface area contributed by atoms with E-state index < -0.39 is 0 Å². The highest BCUT2D eigenvalue weighted by atomic mass is 32.1. The Labute approximate surface area is 116 Å². The van der Waals surface area contributed by atoms with E-state index in [2.05, 4.69) is 10.4 Å². The lowest BCUT2D eigenvalue weighted by Gasteiger charge is -2.02. The van der Waals surface area contributed by atoms with E-state index in [9.17, 15) is 4.79 Å². The van der Waals surface area contributed by atoms with Crippen molar-refractivity contribution in [2.24, 2.45) is 12.8 Å². The van der Waals surface area contributed by atoms with Crippen molar-refractivity contribution in [3.63, 3.8) is 0 Å². The molecule has 3 N–H and O–H groups in total. The van der Waals surface area contributed by atoms with Gasteiger partial charge in [0.1, 0.15) is 0 Å². The molecule has 19 heavy (non-hydrogen) atoms. The molecular weight excluding hydrogens is 260 g/mol. The summed E-state index contributed by atoms with van der Waals surface area (Å²) in [5.41, 5.74) is 6.79. The maximum absolute atomic E-state index is 12.1. The van der Waals surface area contributed by atoms with Crippen molar-refractivity contribution in [2.75, 3.05) is 6.54 Å². The van der Waals surface area contributed by atoms with Crippen LogP contribution in [0.25, 0.3) is 10.9 Å². The summed E-state index contributed by atoms with van der Waals surface area (Å²) < 4.78 is 1.71. The van der Waals surface area contributed by atoms with Gasteiger partial charge in [0, 0.05) is 19.0 Å². The van der Waals surface area contributed by atoms with Gasteiger partial charge in [0.05, 0.1) is 10.5 Å². The summed E-state index contributed by atoms with van der Waals surface area (Å²) in [5.74, 6) is -0.167. The lowest BCUT2D eigenvalue weighted by atomic mass is 10.2. The van der Waals surface area contributed by atoms with Gasteiger partial charge in [0.25, 0.3) is 5.91 Å². The van der Waals surface area contributed by atoms with Gasteiger partial charge in [-0.1, -0.05) is 30.4 Å². The van der Waals surface area contributed by atoms with Crippen molar-refractivity contribution in [3.05, 3.63) is 30.0 Å². The number of aromatic nitrogens is 2. The standard InChI is InChI=1S/C13H16N4OS/c1-17-10-6-3-2-5-9(10)12(16-17)13(18)15-8-4-7-11(14)19/h2-3,5-6H,4,7-8H2,1H3,(H2,14,19)(H,15,18). The van der Waals surface area contributed by atoms with Gasteiger partial charge in [0.15, 0.2) is 5.69 Å². The van der Waals surface area contributed by atoms with Crippen LogP contribution in [0.1, 0.15) is 23.3 Å². The van der Waals surface area contributed by atoms with E-state index in [0.29, 0.717) is 23.6 Å². The van der Waals surface area contributed by atoms with E-state index in [0.717, 1.165) is 17.3 Å². The molecule has 100 valence electrons. The number of carbonyl (C=O) groups excluding carboxylic acids is 1.